The number of aryl methyl sites for hydroxylation is 1. The van der Waals surface area contributed by atoms with Crippen LogP contribution in [-0.2, 0) is 18.6 Å². The van der Waals surface area contributed by atoms with Crippen molar-refractivity contribution in [3.05, 3.63) is 57.5 Å². The lowest BCUT2D eigenvalue weighted by Gasteiger charge is -2.13. The van der Waals surface area contributed by atoms with Crippen molar-refractivity contribution in [1.29, 1.82) is 0 Å². The molecule has 130 valence electrons. The van der Waals surface area contributed by atoms with Crippen LogP contribution in [0, 0.1) is 0 Å². The third-order valence-corrected chi connectivity index (χ3v) is 7.41. The van der Waals surface area contributed by atoms with Gasteiger partial charge in [0, 0.05) is 12.8 Å². The molecule has 0 N–H and O–H groups in total. The van der Waals surface area contributed by atoms with Gasteiger partial charge in [0.25, 0.3) is 5.56 Å². The maximum absolute atomic E-state index is 12.4. The van der Waals surface area contributed by atoms with Crippen LogP contribution < -0.4 is 5.56 Å². The number of hydrogen-bond donors (Lipinski definition) is 0. The molecule has 1 aliphatic heterocycles. The van der Waals surface area contributed by atoms with Gasteiger partial charge in [0.05, 0.1) is 17.0 Å². The largest absolute Gasteiger partial charge is 0.279 e. The van der Waals surface area contributed by atoms with Crippen LogP contribution in [0.1, 0.15) is 11.4 Å². The van der Waals surface area contributed by atoms with Crippen molar-refractivity contribution < 1.29 is 0 Å². The second-order valence-corrected chi connectivity index (χ2v) is 8.94. The Morgan fingerprint density at radius 2 is 2.12 bits per heavy atom. The zero-order chi connectivity index (χ0) is 17.7. The van der Waals surface area contributed by atoms with Crippen molar-refractivity contribution in [3.63, 3.8) is 0 Å². The topological polar surface area (TPSA) is 64.5 Å². The Kier molecular flexibility index (Phi) is 3.87. The van der Waals surface area contributed by atoms with Crippen LogP contribution in [0.4, 0.5) is 5.69 Å². The highest BCUT2D eigenvalue weighted by Gasteiger charge is 2.18. The van der Waals surface area contributed by atoms with E-state index in [1.54, 1.807) is 35.1 Å². The van der Waals surface area contributed by atoms with Gasteiger partial charge in [-0.05, 0) is 23.1 Å². The first-order valence-electron chi connectivity index (χ1n) is 7.95. The quantitative estimate of drug-likeness (QED) is 0.513. The monoisotopic (exact) mass is 399 g/mol. The lowest BCUT2D eigenvalue weighted by atomic mass is 10.2. The SMILES string of the molecule is Cn1c(=O)c2sccc2n2c(CSC3=Nc4ccccc4CS3)nnc12. The minimum Gasteiger partial charge on any atom is -0.279 e. The van der Waals surface area contributed by atoms with Gasteiger partial charge in [-0.15, -0.1) is 21.5 Å². The average molecular weight is 400 g/mol. The molecule has 0 unspecified atom stereocenters. The normalized spacial score (nSPS) is 14.0. The first kappa shape index (κ1) is 16.1. The number of aliphatic imine (C=N–C) groups is 1. The van der Waals surface area contributed by atoms with Gasteiger partial charge in [-0.3, -0.25) is 13.8 Å². The summed E-state index contributed by atoms with van der Waals surface area (Å²) in [5.41, 5.74) is 3.16. The Morgan fingerprint density at radius 1 is 1.23 bits per heavy atom. The van der Waals surface area contributed by atoms with Gasteiger partial charge in [-0.25, -0.2) is 4.99 Å². The molecule has 1 aliphatic rings. The van der Waals surface area contributed by atoms with Crippen molar-refractivity contribution in [1.82, 2.24) is 19.2 Å². The van der Waals surface area contributed by atoms with Gasteiger partial charge in [0.15, 0.2) is 0 Å². The molecule has 9 heteroatoms. The molecule has 0 saturated carbocycles. The minimum atomic E-state index is -0.0297. The predicted molar refractivity (Wildman–Crippen MR) is 110 cm³/mol. The van der Waals surface area contributed by atoms with Crippen LogP contribution in [0.25, 0.3) is 16.0 Å². The van der Waals surface area contributed by atoms with Gasteiger partial charge < -0.3 is 0 Å². The van der Waals surface area contributed by atoms with E-state index in [4.69, 9.17) is 4.99 Å². The number of fused-ring (bicyclic) bond motifs is 4. The Hall–Kier alpha value is -2.10. The highest BCUT2D eigenvalue weighted by Crippen LogP contribution is 2.35. The van der Waals surface area contributed by atoms with Gasteiger partial charge in [0.1, 0.15) is 14.9 Å². The number of benzene rings is 1. The van der Waals surface area contributed by atoms with Crippen LogP contribution in [0.3, 0.4) is 0 Å². The van der Waals surface area contributed by atoms with Crippen LogP contribution in [0.15, 0.2) is 45.5 Å². The van der Waals surface area contributed by atoms with Crippen LogP contribution in [0.5, 0.6) is 0 Å². The summed E-state index contributed by atoms with van der Waals surface area (Å²) >= 11 is 4.86. The molecule has 26 heavy (non-hydrogen) atoms. The molecule has 6 nitrogen and oxygen atoms in total. The van der Waals surface area contributed by atoms with Crippen molar-refractivity contribution in [2.45, 2.75) is 11.5 Å². The van der Waals surface area contributed by atoms with Gasteiger partial charge in [-0.1, -0.05) is 41.7 Å². The fourth-order valence-corrected chi connectivity index (χ4v) is 5.78. The first-order chi connectivity index (χ1) is 12.7. The molecule has 0 atom stereocenters. The molecule has 0 spiro atoms. The number of rotatable bonds is 2. The molecular formula is C17H13N5OS3. The molecule has 0 radical (unpaired) electrons. The molecule has 5 rings (SSSR count). The van der Waals surface area contributed by atoms with Crippen LogP contribution >= 0.6 is 34.9 Å². The van der Waals surface area contributed by atoms with Crippen molar-refractivity contribution >= 4 is 60.9 Å². The zero-order valence-corrected chi connectivity index (χ0v) is 16.2. The molecular weight excluding hydrogens is 386 g/mol. The molecule has 1 aromatic carbocycles. The van der Waals surface area contributed by atoms with E-state index in [0.717, 1.165) is 31.9 Å². The number of thioether (sulfide) groups is 2. The lowest BCUT2D eigenvalue weighted by molar-refractivity contribution is 0.860. The number of aromatic nitrogens is 4. The molecule has 3 aromatic heterocycles. The summed E-state index contributed by atoms with van der Waals surface area (Å²) in [5, 5.41) is 10.5. The van der Waals surface area contributed by atoms with Gasteiger partial charge in [-0.2, -0.15) is 0 Å². The van der Waals surface area contributed by atoms with Crippen LogP contribution in [-0.4, -0.2) is 23.5 Å². The molecule has 4 heterocycles. The molecule has 0 fully saturated rings. The molecule has 4 aromatic rings. The minimum absolute atomic E-state index is 0.0297. The van der Waals surface area contributed by atoms with Gasteiger partial charge >= 0.3 is 0 Å². The molecule has 0 amide bonds. The van der Waals surface area contributed by atoms with Crippen molar-refractivity contribution in [2.75, 3.05) is 0 Å². The second kappa shape index (κ2) is 6.26. The Morgan fingerprint density at radius 3 is 3.04 bits per heavy atom. The third kappa shape index (κ3) is 2.50. The van der Waals surface area contributed by atoms with E-state index in [2.05, 4.69) is 16.3 Å². The van der Waals surface area contributed by atoms with E-state index in [1.165, 1.54) is 16.9 Å². The smallest absolute Gasteiger partial charge is 0.272 e. The summed E-state index contributed by atoms with van der Waals surface area (Å²) in [5.74, 6) is 2.98. The summed E-state index contributed by atoms with van der Waals surface area (Å²) in [6.07, 6.45) is 0. The Labute approximate surface area is 161 Å². The van der Waals surface area contributed by atoms with Crippen molar-refractivity contribution in [2.24, 2.45) is 12.0 Å². The third-order valence-electron chi connectivity index (χ3n) is 4.28. The standard InChI is InChI=1S/C17H13N5OS3/c1-21-15(23)14-12(6-7-24-14)22-13(19-20-16(21)22)9-26-17-18-11-5-3-2-4-10(11)8-25-17/h2-7H,8-9H2,1H3. The fourth-order valence-electron chi connectivity index (χ4n) is 2.96. The summed E-state index contributed by atoms with van der Waals surface area (Å²) in [4.78, 5) is 17.1. The van der Waals surface area contributed by atoms with E-state index < -0.39 is 0 Å². The molecule has 0 aliphatic carbocycles. The zero-order valence-electron chi connectivity index (χ0n) is 13.7. The molecule has 0 saturated heterocycles. The Balaban J connectivity index is 1.52. The molecule has 0 bridgehead atoms. The van der Waals surface area contributed by atoms with Crippen molar-refractivity contribution in [3.8, 4) is 0 Å². The lowest BCUT2D eigenvalue weighted by Crippen LogP contribution is -2.19. The highest BCUT2D eigenvalue weighted by atomic mass is 32.2. The summed E-state index contributed by atoms with van der Waals surface area (Å²) in [6.45, 7) is 0. The van der Waals surface area contributed by atoms with Crippen LogP contribution in [0.2, 0.25) is 0 Å². The van der Waals surface area contributed by atoms with E-state index in [1.807, 2.05) is 34.0 Å². The van der Waals surface area contributed by atoms with E-state index in [0.29, 0.717) is 11.5 Å². The second-order valence-electron chi connectivity index (χ2n) is 5.83. The highest BCUT2D eigenvalue weighted by molar-refractivity contribution is 8.38. The fraction of sp³-hybridized carbons (Fsp3) is 0.176. The summed E-state index contributed by atoms with van der Waals surface area (Å²) in [6, 6.07) is 10.2. The van der Waals surface area contributed by atoms with E-state index in [9.17, 15) is 4.79 Å². The van der Waals surface area contributed by atoms with E-state index >= 15 is 0 Å². The number of thiophene rings is 1. The predicted octanol–water partition coefficient (Wildman–Crippen LogP) is 3.81. The number of hydrogen-bond acceptors (Lipinski definition) is 7. The Bertz CT molecular complexity index is 1240. The van der Waals surface area contributed by atoms with Gasteiger partial charge in [0.2, 0.25) is 5.78 Å². The number of para-hydroxylation sites is 1. The van der Waals surface area contributed by atoms with E-state index in [-0.39, 0.29) is 5.56 Å². The average Bonchev–Trinajstić information content (AvgIpc) is 3.31. The maximum atomic E-state index is 12.4. The summed E-state index contributed by atoms with van der Waals surface area (Å²) in [7, 11) is 1.74. The summed E-state index contributed by atoms with van der Waals surface area (Å²) < 4.78 is 5.29. The maximum Gasteiger partial charge on any atom is 0.272 e. The number of nitrogens with zero attached hydrogens (tertiary/aromatic N) is 5. The first-order valence-corrected chi connectivity index (χ1v) is 10.8.